The maximum Gasteiger partial charge on any atom is 0.300 e. The molecular formula is C38H54N2O6. The molecule has 4 atom stereocenters. The van der Waals surface area contributed by atoms with Gasteiger partial charge in [-0.05, 0) is 125 Å². The molecule has 4 N–H and O–H groups in total. The summed E-state index contributed by atoms with van der Waals surface area (Å²) in [5, 5.41) is 22.2. The summed E-state index contributed by atoms with van der Waals surface area (Å²) >= 11 is 0. The second-order valence-electron chi connectivity index (χ2n) is 12.4. The maximum absolute atomic E-state index is 9.00. The second kappa shape index (κ2) is 19.8. The Hall–Kier alpha value is -3.62. The quantitative estimate of drug-likeness (QED) is 0.256. The number of hydrogen-bond acceptors (Lipinski definition) is 6. The Morgan fingerprint density at radius 1 is 0.652 bits per heavy atom. The number of carboxylic acid groups (broad SMARTS) is 2. The number of nitrogens with one attached hydrogen (secondary N) is 2. The van der Waals surface area contributed by atoms with Gasteiger partial charge in [0.05, 0.1) is 14.2 Å². The van der Waals surface area contributed by atoms with Crippen LogP contribution < -0.4 is 20.1 Å². The minimum absolute atomic E-state index is 0.549. The molecule has 2 aromatic rings. The molecule has 2 heterocycles. The van der Waals surface area contributed by atoms with Gasteiger partial charge < -0.3 is 30.3 Å². The van der Waals surface area contributed by atoms with Gasteiger partial charge in [-0.3, -0.25) is 9.59 Å². The van der Waals surface area contributed by atoms with E-state index in [0.29, 0.717) is 12.1 Å². The highest BCUT2D eigenvalue weighted by Crippen LogP contribution is 2.34. The molecule has 2 fully saturated rings. The number of rotatable bonds is 6. The van der Waals surface area contributed by atoms with Gasteiger partial charge in [-0.1, -0.05) is 47.6 Å². The number of ether oxygens (including phenoxy) is 2. The zero-order valence-electron chi connectivity index (χ0n) is 28.1. The Morgan fingerprint density at radius 2 is 1.00 bits per heavy atom. The van der Waals surface area contributed by atoms with Gasteiger partial charge in [-0.2, -0.15) is 0 Å². The van der Waals surface area contributed by atoms with Crippen LogP contribution in [0.2, 0.25) is 0 Å². The summed E-state index contributed by atoms with van der Waals surface area (Å²) in [7, 11) is 3.43. The van der Waals surface area contributed by atoms with Crippen molar-refractivity contribution in [3.63, 3.8) is 0 Å². The molecule has 2 aliphatic carbocycles. The lowest BCUT2D eigenvalue weighted by molar-refractivity contribution is -0.135. The van der Waals surface area contributed by atoms with Crippen LogP contribution >= 0.6 is 0 Å². The second-order valence-corrected chi connectivity index (χ2v) is 12.4. The van der Waals surface area contributed by atoms with Crippen LogP contribution in [0.25, 0.3) is 0 Å². The molecule has 2 aliphatic heterocycles. The first kappa shape index (κ1) is 36.8. The average Bonchev–Trinajstić information content (AvgIpc) is 3.06. The van der Waals surface area contributed by atoms with Crippen molar-refractivity contribution in [3.05, 3.63) is 83.0 Å². The number of allylic oxidation sites excluding steroid dienone is 2. The fraction of sp³-hybridized carbons (Fsp3) is 0.526. The molecule has 8 nitrogen and oxygen atoms in total. The van der Waals surface area contributed by atoms with E-state index in [9.17, 15) is 0 Å². The number of fused-ring (bicyclic) bond motifs is 2. The van der Waals surface area contributed by atoms with Gasteiger partial charge in [0, 0.05) is 25.9 Å². The zero-order valence-corrected chi connectivity index (χ0v) is 28.1. The van der Waals surface area contributed by atoms with E-state index in [-0.39, 0.29) is 0 Å². The Morgan fingerprint density at radius 3 is 1.33 bits per heavy atom. The van der Waals surface area contributed by atoms with E-state index in [1.165, 1.54) is 75.6 Å². The molecule has 6 rings (SSSR count). The van der Waals surface area contributed by atoms with Crippen LogP contribution in [0.4, 0.5) is 0 Å². The van der Waals surface area contributed by atoms with Crippen molar-refractivity contribution in [3.8, 4) is 11.5 Å². The topological polar surface area (TPSA) is 117 Å². The van der Waals surface area contributed by atoms with E-state index < -0.39 is 11.9 Å². The van der Waals surface area contributed by atoms with Crippen molar-refractivity contribution in [2.24, 2.45) is 11.8 Å². The van der Waals surface area contributed by atoms with E-state index in [1.54, 1.807) is 25.4 Å². The van der Waals surface area contributed by atoms with E-state index in [0.717, 1.165) is 50.0 Å². The third kappa shape index (κ3) is 12.6. The summed E-state index contributed by atoms with van der Waals surface area (Å²) in [6, 6.07) is 18.1. The summed E-state index contributed by atoms with van der Waals surface area (Å²) in [5.74, 6) is 1.90. The van der Waals surface area contributed by atoms with Gasteiger partial charge in [0.1, 0.15) is 11.5 Å². The van der Waals surface area contributed by atoms with Gasteiger partial charge >= 0.3 is 0 Å². The van der Waals surface area contributed by atoms with Crippen LogP contribution in [0.3, 0.4) is 0 Å². The molecular weight excluding hydrogens is 580 g/mol. The Bertz CT molecular complexity index is 1160. The number of hydrogen-bond donors (Lipinski definition) is 4. The number of aliphatic carboxylic acids is 2. The molecule has 46 heavy (non-hydrogen) atoms. The molecule has 4 unspecified atom stereocenters. The lowest BCUT2D eigenvalue weighted by atomic mass is 9.77. The summed E-state index contributed by atoms with van der Waals surface area (Å²) in [4.78, 5) is 18.0. The molecule has 252 valence electrons. The smallest absolute Gasteiger partial charge is 0.300 e. The van der Waals surface area contributed by atoms with Gasteiger partial charge in [0.2, 0.25) is 0 Å². The minimum Gasteiger partial charge on any atom is -0.497 e. The van der Waals surface area contributed by atoms with Crippen LogP contribution in [-0.2, 0) is 22.4 Å². The highest BCUT2D eigenvalue weighted by atomic mass is 16.5. The van der Waals surface area contributed by atoms with Crippen molar-refractivity contribution in [2.45, 2.75) is 90.1 Å². The monoisotopic (exact) mass is 634 g/mol. The first-order chi connectivity index (χ1) is 22.2. The minimum atomic E-state index is -0.833. The molecule has 0 bridgehead atoms. The Labute approximate surface area is 275 Å². The Kier molecular flexibility index (Phi) is 15.9. The lowest BCUT2D eigenvalue weighted by Crippen LogP contribution is -2.42. The van der Waals surface area contributed by atoms with Gasteiger partial charge in [-0.15, -0.1) is 0 Å². The molecule has 2 aromatic carbocycles. The summed E-state index contributed by atoms with van der Waals surface area (Å²) in [6.45, 7) is 4.51. The number of carboxylic acids is 2. The molecule has 0 spiro atoms. The molecule has 0 radical (unpaired) electrons. The third-order valence-electron chi connectivity index (χ3n) is 8.99. The normalized spacial score (nSPS) is 23.0. The van der Waals surface area contributed by atoms with Crippen LogP contribution in [0, 0.1) is 11.8 Å². The largest absolute Gasteiger partial charge is 0.497 e. The van der Waals surface area contributed by atoms with Crippen LogP contribution in [0.5, 0.6) is 11.5 Å². The number of piperidine rings is 2. The first-order valence-electron chi connectivity index (χ1n) is 16.7. The van der Waals surface area contributed by atoms with E-state index >= 15 is 0 Å². The van der Waals surface area contributed by atoms with Gasteiger partial charge in [0.15, 0.2) is 0 Å². The predicted octanol–water partition coefficient (Wildman–Crippen LogP) is 6.83. The highest BCUT2D eigenvalue weighted by Gasteiger charge is 2.29. The Balaban J connectivity index is 0.000000204. The molecule has 2 saturated heterocycles. The number of carbonyl (C=O) groups is 2. The average molecular weight is 635 g/mol. The highest BCUT2D eigenvalue weighted by molar-refractivity contribution is 5.63. The van der Waals surface area contributed by atoms with Crippen LogP contribution in [0.15, 0.2) is 71.8 Å². The van der Waals surface area contributed by atoms with Crippen molar-refractivity contribution < 1.29 is 29.3 Å². The molecule has 8 heteroatoms. The summed E-state index contributed by atoms with van der Waals surface area (Å²) in [5.41, 5.74) is 6.14. The van der Waals surface area contributed by atoms with Crippen molar-refractivity contribution in [1.82, 2.24) is 10.6 Å². The molecule has 0 amide bonds. The lowest BCUT2D eigenvalue weighted by Gasteiger charge is -2.36. The van der Waals surface area contributed by atoms with Crippen molar-refractivity contribution in [2.75, 3.05) is 27.3 Å². The van der Waals surface area contributed by atoms with E-state index in [2.05, 4.69) is 71.3 Å². The number of methoxy groups -OCH3 is 2. The fourth-order valence-corrected chi connectivity index (χ4v) is 6.88. The van der Waals surface area contributed by atoms with Crippen LogP contribution in [0.1, 0.15) is 76.3 Å². The zero-order chi connectivity index (χ0) is 33.3. The van der Waals surface area contributed by atoms with E-state index in [1.807, 2.05) is 0 Å². The fourth-order valence-electron chi connectivity index (χ4n) is 6.88. The van der Waals surface area contributed by atoms with Gasteiger partial charge in [-0.25, -0.2) is 0 Å². The predicted molar refractivity (Wildman–Crippen MR) is 184 cm³/mol. The maximum atomic E-state index is 9.00. The first-order valence-corrected chi connectivity index (χ1v) is 16.7. The summed E-state index contributed by atoms with van der Waals surface area (Å²) in [6.07, 6.45) is 17.9. The van der Waals surface area contributed by atoms with Crippen molar-refractivity contribution >= 4 is 11.9 Å². The SMILES string of the molecule is CC(=O)O.CC(=O)O.COc1ccc(CC2NCCC3CCCC=C32)cc1.COc1ccc(CC2NCCC3CCCC=C32)cc1. The third-order valence-corrected chi connectivity index (χ3v) is 8.99. The molecule has 0 saturated carbocycles. The van der Waals surface area contributed by atoms with Crippen LogP contribution in [-0.4, -0.2) is 61.5 Å². The summed E-state index contributed by atoms with van der Waals surface area (Å²) < 4.78 is 10.4. The van der Waals surface area contributed by atoms with Gasteiger partial charge in [0.25, 0.3) is 11.9 Å². The van der Waals surface area contributed by atoms with Crippen molar-refractivity contribution in [1.29, 1.82) is 0 Å². The molecule has 4 aliphatic rings. The molecule has 0 aromatic heterocycles. The number of benzene rings is 2. The standard InChI is InChI=1S/2C17H23NO.2C2H4O2/c2*1-19-15-8-6-13(7-9-15)12-17-16-5-3-2-4-14(16)10-11-18-17;2*1-2(3)4/h2*5-9,14,17-18H,2-4,10-12H2,1H3;2*1H3,(H,3,4). The van der Waals surface area contributed by atoms with E-state index in [4.69, 9.17) is 29.3 Å².